The highest BCUT2D eigenvalue weighted by Crippen LogP contribution is 2.23. The van der Waals surface area contributed by atoms with Gasteiger partial charge in [-0.2, -0.15) is 0 Å². The molecule has 1 amide bonds. The molecule has 2 N–H and O–H groups in total. The van der Waals surface area contributed by atoms with Gasteiger partial charge < -0.3 is 10.4 Å². The van der Waals surface area contributed by atoms with E-state index in [-0.39, 0.29) is 11.9 Å². The number of aliphatic hydroxyl groups excluding tert-OH is 1. The fourth-order valence-corrected chi connectivity index (χ4v) is 3.85. The summed E-state index contributed by atoms with van der Waals surface area (Å²) in [6.07, 6.45) is 5.67. The summed E-state index contributed by atoms with van der Waals surface area (Å²) in [4.78, 5) is 21.8. The van der Waals surface area contributed by atoms with Crippen LogP contribution in [-0.2, 0) is 6.42 Å². The first-order chi connectivity index (χ1) is 13.6. The first-order valence-corrected chi connectivity index (χ1v) is 9.89. The van der Waals surface area contributed by atoms with Crippen molar-refractivity contribution in [2.45, 2.75) is 51.2 Å². The van der Waals surface area contributed by atoms with Gasteiger partial charge >= 0.3 is 0 Å². The second-order valence-corrected chi connectivity index (χ2v) is 7.60. The standard InChI is InChI=1S/C23H25N3O2/c1-15-10-11-16(14-24-15)12-17-13-21(25-19-7-3-2-6-18(17)19)23(28)26-20-8-4-5-9-22(20)27/h2-3,6-7,10-11,13-14,20,22,27H,4-5,8-9,12H2,1H3,(H,26,28). The molecular weight excluding hydrogens is 350 g/mol. The molecule has 3 aromatic rings. The monoisotopic (exact) mass is 375 g/mol. The van der Waals surface area contributed by atoms with Gasteiger partial charge in [0.05, 0.1) is 17.7 Å². The highest BCUT2D eigenvalue weighted by molar-refractivity contribution is 5.96. The number of nitrogens with zero attached hydrogens (tertiary/aromatic N) is 2. The fraction of sp³-hybridized carbons (Fsp3) is 0.348. The van der Waals surface area contributed by atoms with Crippen molar-refractivity contribution in [2.24, 2.45) is 0 Å². The molecular formula is C23H25N3O2. The van der Waals surface area contributed by atoms with Crippen LogP contribution in [0.1, 0.15) is 53.0 Å². The van der Waals surface area contributed by atoms with Crippen LogP contribution in [0, 0.1) is 6.92 Å². The average Bonchev–Trinajstić information content (AvgIpc) is 2.71. The topological polar surface area (TPSA) is 75.1 Å². The maximum Gasteiger partial charge on any atom is 0.270 e. The number of carbonyl (C=O) groups is 1. The van der Waals surface area contributed by atoms with E-state index < -0.39 is 6.10 Å². The summed E-state index contributed by atoms with van der Waals surface area (Å²) in [5, 5.41) is 14.2. The van der Waals surface area contributed by atoms with E-state index >= 15 is 0 Å². The summed E-state index contributed by atoms with van der Waals surface area (Å²) in [6, 6.07) is 13.6. The third kappa shape index (κ3) is 4.04. The molecule has 2 aromatic heterocycles. The molecule has 0 radical (unpaired) electrons. The molecule has 5 heteroatoms. The Kier molecular flexibility index (Phi) is 5.35. The third-order valence-electron chi connectivity index (χ3n) is 5.45. The van der Waals surface area contributed by atoms with E-state index in [4.69, 9.17) is 0 Å². The minimum absolute atomic E-state index is 0.195. The Morgan fingerprint density at radius 1 is 1.18 bits per heavy atom. The van der Waals surface area contributed by atoms with Crippen molar-refractivity contribution in [3.8, 4) is 0 Å². The molecule has 0 saturated heterocycles. The molecule has 2 unspecified atom stereocenters. The van der Waals surface area contributed by atoms with E-state index in [0.717, 1.165) is 53.4 Å². The van der Waals surface area contributed by atoms with E-state index in [1.165, 1.54) is 0 Å². The Hall–Kier alpha value is -2.79. The van der Waals surface area contributed by atoms with Crippen molar-refractivity contribution < 1.29 is 9.90 Å². The highest BCUT2D eigenvalue weighted by Gasteiger charge is 2.25. The Labute approximate surface area is 164 Å². The summed E-state index contributed by atoms with van der Waals surface area (Å²) < 4.78 is 0. The molecule has 1 aliphatic rings. The van der Waals surface area contributed by atoms with E-state index in [9.17, 15) is 9.90 Å². The number of hydrogen-bond acceptors (Lipinski definition) is 4. The summed E-state index contributed by atoms with van der Waals surface area (Å²) >= 11 is 0. The Bertz CT molecular complexity index is 985. The number of para-hydroxylation sites is 1. The predicted octanol–water partition coefficient (Wildman–Crippen LogP) is 3.56. The number of aromatic nitrogens is 2. The van der Waals surface area contributed by atoms with Crippen molar-refractivity contribution in [3.05, 3.63) is 71.2 Å². The van der Waals surface area contributed by atoms with Crippen molar-refractivity contribution in [1.29, 1.82) is 0 Å². The number of nitrogens with one attached hydrogen (secondary N) is 1. The van der Waals surface area contributed by atoms with Gasteiger partial charge in [-0.25, -0.2) is 4.98 Å². The van der Waals surface area contributed by atoms with Crippen LogP contribution in [-0.4, -0.2) is 33.1 Å². The van der Waals surface area contributed by atoms with Crippen LogP contribution in [0.25, 0.3) is 10.9 Å². The zero-order chi connectivity index (χ0) is 19.5. The van der Waals surface area contributed by atoms with Crippen molar-refractivity contribution in [3.63, 3.8) is 0 Å². The van der Waals surface area contributed by atoms with Crippen LogP contribution >= 0.6 is 0 Å². The third-order valence-corrected chi connectivity index (χ3v) is 5.45. The van der Waals surface area contributed by atoms with Crippen LogP contribution < -0.4 is 5.32 Å². The molecule has 4 rings (SSSR count). The van der Waals surface area contributed by atoms with Crippen molar-refractivity contribution >= 4 is 16.8 Å². The van der Waals surface area contributed by atoms with Gasteiger partial charge in [-0.1, -0.05) is 37.1 Å². The first kappa shape index (κ1) is 18.6. The molecule has 0 aliphatic heterocycles. The number of hydrogen-bond donors (Lipinski definition) is 2. The van der Waals surface area contributed by atoms with E-state index in [2.05, 4.69) is 21.4 Å². The maximum absolute atomic E-state index is 12.9. The number of benzene rings is 1. The van der Waals surface area contributed by atoms with Crippen molar-refractivity contribution in [2.75, 3.05) is 0 Å². The number of aryl methyl sites for hydroxylation is 1. The van der Waals surface area contributed by atoms with E-state index in [0.29, 0.717) is 12.1 Å². The van der Waals surface area contributed by atoms with Crippen LogP contribution in [0.4, 0.5) is 0 Å². The van der Waals surface area contributed by atoms with Crippen LogP contribution in [0.5, 0.6) is 0 Å². The molecule has 1 saturated carbocycles. The molecule has 2 heterocycles. The van der Waals surface area contributed by atoms with E-state index in [1.54, 1.807) is 0 Å². The predicted molar refractivity (Wildman–Crippen MR) is 109 cm³/mol. The fourth-order valence-electron chi connectivity index (χ4n) is 3.85. The molecule has 28 heavy (non-hydrogen) atoms. The number of pyridine rings is 2. The average molecular weight is 375 g/mol. The Morgan fingerprint density at radius 2 is 2.00 bits per heavy atom. The number of carbonyl (C=O) groups excluding carboxylic acids is 1. The van der Waals surface area contributed by atoms with Gasteiger partial charge in [-0.3, -0.25) is 9.78 Å². The highest BCUT2D eigenvalue weighted by atomic mass is 16.3. The minimum Gasteiger partial charge on any atom is -0.391 e. The lowest BCUT2D eigenvalue weighted by atomic mass is 9.92. The van der Waals surface area contributed by atoms with Gasteiger partial charge in [0.25, 0.3) is 5.91 Å². The summed E-state index contributed by atoms with van der Waals surface area (Å²) in [5.74, 6) is -0.222. The van der Waals surface area contributed by atoms with Gasteiger partial charge in [0.15, 0.2) is 0 Å². The second-order valence-electron chi connectivity index (χ2n) is 7.60. The Balaban J connectivity index is 1.65. The van der Waals surface area contributed by atoms with Gasteiger partial charge in [-0.15, -0.1) is 0 Å². The minimum atomic E-state index is -0.476. The Morgan fingerprint density at radius 3 is 2.79 bits per heavy atom. The molecule has 5 nitrogen and oxygen atoms in total. The largest absolute Gasteiger partial charge is 0.391 e. The van der Waals surface area contributed by atoms with Crippen LogP contribution in [0.3, 0.4) is 0 Å². The molecule has 1 aliphatic carbocycles. The maximum atomic E-state index is 12.9. The quantitative estimate of drug-likeness (QED) is 0.731. The lowest BCUT2D eigenvalue weighted by Gasteiger charge is -2.28. The zero-order valence-corrected chi connectivity index (χ0v) is 16.1. The number of aliphatic hydroxyl groups is 1. The van der Waals surface area contributed by atoms with Gasteiger partial charge in [0, 0.05) is 17.3 Å². The lowest BCUT2D eigenvalue weighted by Crippen LogP contribution is -2.45. The second kappa shape index (κ2) is 8.07. The van der Waals surface area contributed by atoms with Gasteiger partial charge in [0.2, 0.25) is 0 Å². The van der Waals surface area contributed by atoms with Gasteiger partial charge in [-0.05, 0) is 55.5 Å². The number of rotatable bonds is 4. The summed E-state index contributed by atoms with van der Waals surface area (Å²) in [6.45, 7) is 1.97. The number of amides is 1. The SMILES string of the molecule is Cc1ccc(Cc2cc(C(=O)NC3CCCCC3O)nc3ccccc23)cn1. The smallest absolute Gasteiger partial charge is 0.270 e. The van der Waals surface area contributed by atoms with Crippen LogP contribution in [0.2, 0.25) is 0 Å². The number of fused-ring (bicyclic) bond motifs is 1. The van der Waals surface area contributed by atoms with Crippen molar-refractivity contribution in [1.82, 2.24) is 15.3 Å². The molecule has 0 spiro atoms. The van der Waals surface area contributed by atoms with E-state index in [1.807, 2.05) is 49.5 Å². The molecule has 144 valence electrons. The first-order valence-electron chi connectivity index (χ1n) is 9.89. The zero-order valence-electron chi connectivity index (χ0n) is 16.1. The lowest BCUT2D eigenvalue weighted by molar-refractivity contribution is 0.0714. The summed E-state index contributed by atoms with van der Waals surface area (Å²) in [7, 11) is 0. The van der Waals surface area contributed by atoms with Crippen LogP contribution in [0.15, 0.2) is 48.7 Å². The summed E-state index contributed by atoms with van der Waals surface area (Å²) in [5.41, 5.74) is 4.32. The molecule has 1 aromatic carbocycles. The molecule has 2 atom stereocenters. The molecule has 0 bridgehead atoms. The molecule has 1 fully saturated rings. The van der Waals surface area contributed by atoms with Gasteiger partial charge in [0.1, 0.15) is 5.69 Å². The normalized spacial score (nSPS) is 19.5.